The maximum Gasteiger partial charge on any atom is 0.0486 e. The predicted octanol–water partition coefficient (Wildman–Crippen LogP) is 4.16. The van der Waals surface area contributed by atoms with E-state index >= 15 is 0 Å². The fourth-order valence-corrected chi connectivity index (χ4v) is 3.07. The second-order valence-corrected chi connectivity index (χ2v) is 7.32. The molecule has 116 valence electrons. The largest absolute Gasteiger partial charge is 0.384 e. The SMILES string of the molecule is CCCN(CCC)CCCNC1=C(C(C)(C)C)CC1=S. The summed E-state index contributed by atoms with van der Waals surface area (Å²) in [6.45, 7) is 16.0. The van der Waals surface area contributed by atoms with Crippen LogP contribution in [-0.2, 0) is 0 Å². The Bertz CT molecular complexity index is 346. The van der Waals surface area contributed by atoms with Gasteiger partial charge in [0.05, 0.1) is 0 Å². The standard InChI is InChI=1S/C17H32N2S/c1-6-10-19(11-7-2)12-8-9-18-16-14(13-15(16)20)17(3,4)5/h18H,6-13H2,1-5H3. The van der Waals surface area contributed by atoms with Crippen molar-refractivity contribution in [2.75, 3.05) is 26.2 Å². The number of rotatable bonds is 9. The molecular formula is C17H32N2S. The molecule has 0 unspecified atom stereocenters. The molecule has 2 nitrogen and oxygen atoms in total. The van der Waals surface area contributed by atoms with Crippen LogP contribution in [0.25, 0.3) is 0 Å². The summed E-state index contributed by atoms with van der Waals surface area (Å²) >= 11 is 5.40. The van der Waals surface area contributed by atoms with Crippen LogP contribution in [0.15, 0.2) is 11.3 Å². The van der Waals surface area contributed by atoms with Crippen LogP contribution in [0.1, 0.15) is 60.3 Å². The van der Waals surface area contributed by atoms with Crippen LogP contribution in [0.4, 0.5) is 0 Å². The lowest BCUT2D eigenvalue weighted by molar-refractivity contribution is 0.271. The average molecular weight is 297 g/mol. The molecule has 1 aliphatic rings. The summed E-state index contributed by atoms with van der Waals surface area (Å²) in [5.41, 5.74) is 3.02. The summed E-state index contributed by atoms with van der Waals surface area (Å²) in [4.78, 5) is 3.69. The van der Waals surface area contributed by atoms with Gasteiger partial charge in [-0.15, -0.1) is 0 Å². The number of allylic oxidation sites excluding steroid dienone is 2. The third kappa shape index (κ3) is 5.17. The fraction of sp³-hybridized carbons (Fsp3) is 0.824. The van der Waals surface area contributed by atoms with E-state index < -0.39 is 0 Å². The van der Waals surface area contributed by atoms with Gasteiger partial charge in [0.1, 0.15) is 0 Å². The van der Waals surface area contributed by atoms with Gasteiger partial charge in [0.15, 0.2) is 0 Å². The average Bonchev–Trinajstić information content (AvgIpc) is 2.34. The first-order chi connectivity index (χ1) is 9.40. The van der Waals surface area contributed by atoms with Crippen molar-refractivity contribution in [1.82, 2.24) is 10.2 Å². The third-order valence-corrected chi connectivity index (χ3v) is 4.20. The minimum absolute atomic E-state index is 0.251. The van der Waals surface area contributed by atoms with Crippen molar-refractivity contribution in [3.63, 3.8) is 0 Å². The highest BCUT2D eigenvalue weighted by Crippen LogP contribution is 2.38. The summed E-state index contributed by atoms with van der Waals surface area (Å²) < 4.78 is 0. The van der Waals surface area contributed by atoms with Gasteiger partial charge < -0.3 is 10.2 Å². The molecule has 0 aromatic heterocycles. The number of hydrogen-bond donors (Lipinski definition) is 1. The monoisotopic (exact) mass is 296 g/mol. The molecule has 3 heteroatoms. The summed E-state index contributed by atoms with van der Waals surface area (Å²) in [6, 6.07) is 0. The topological polar surface area (TPSA) is 15.3 Å². The molecule has 1 rings (SSSR count). The van der Waals surface area contributed by atoms with Gasteiger partial charge in [-0.3, -0.25) is 0 Å². The van der Waals surface area contributed by atoms with Crippen molar-refractivity contribution in [2.24, 2.45) is 5.41 Å². The maximum absolute atomic E-state index is 5.40. The first kappa shape index (κ1) is 17.6. The van der Waals surface area contributed by atoms with Crippen LogP contribution >= 0.6 is 12.2 Å². The molecule has 0 amide bonds. The van der Waals surface area contributed by atoms with Gasteiger partial charge in [0.2, 0.25) is 0 Å². The van der Waals surface area contributed by atoms with Crippen molar-refractivity contribution in [1.29, 1.82) is 0 Å². The lowest BCUT2D eigenvalue weighted by atomic mass is 9.75. The molecule has 0 bridgehead atoms. The first-order valence-electron chi connectivity index (χ1n) is 8.13. The van der Waals surface area contributed by atoms with E-state index in [0.717, 1.165) is 17.8 Å². The zero-order chi connectivity index (χ0) is 15.2. The molecule has 0 saturated heterocycles. The number of thiocarbonyl (C=S) groups is 1. The van der Waals surface area contributed by atoms with Gasteiger partial charge in [-0.2, -0.15) is 0 Å². The smallest absolute Gasteiger partial charge is 0.0486 e. The van der Waals surface area contributed by atoms with Gasteiger partial charge >= 0.3 is 0 Å². The normalized spacial score (nSPS) is 15.8. The number of hydrogen-bond acceptors (Lipinski definition) is 3. The van der Waals surface area contributed by atoms with Crippen LogP contribution in [-0.4, -0.2) is 35.9 Å². The molecular weight excluding hydrogens is 264 g/mol. The highest BCUT2D eigenvalue weighted by atomic mass is 32.1. The highest BCUT2D eigenvalue weighted by molar-refractivity contribution is 7.81. The van der Waals surface area contributed by atoms with E-state index in [9.17, 15) is 0 Å². The Morgan fingerprint density at radius 2 is 1.70 bits per heavy atom. The number of nitrogens with zero attached hydrogens (tertiary/aromatic N) is 1. The quantitative estimate of drug-likeness (QED) is 0.508. The summed E-state index contributed by atoms with van der Waals surface area (Å²) in [5, 5.41) is 3.58. The van der Waals surface area contributed by atoms with E-state index in [2.05, 4.69) is 44.8 Å². The minimum atomic E-state index is 0.251. The second-order valence-electron chi connectivity index (χ2n) is 6.83. The van der Waals surface area contributed by atoms with E-state index in [0.29, 0.717) is 0 Å². The van der Waals surface area contributed by atoms with Crippen molar-refractivity contribution in [3.05, 3.63) is 11.3 Å². The molecule has 0 fully saturated rings. The van der Waals surface area contributed by atoms with E-state index in [1.54, 1.807) is 0 Å². The summed E-state index contributed by atoms with van der Waals surface area (Å²) in [5.74, 6) is 0. The van der Waals surface area contributed by atoms with Crippen LogP contribution in [0.2, 0.25) is 0 Å². The second kappa shape index (κ2) is 8.14. The van der Waals surface area contributed by atoms with Crippen LogP contribution in [0.3, 0.4) is 0 Å². The van der Waals surface area contributed by atoms with Crippen molar-refractivity contribution < 1.29 is 0 Å². The molecule has 0 radical (unpaired) electrons. The van der Waals surface area contributed by atoms with Crippen LogP contribution < -0.4 is 5.32 Å². The molecule has 0 aromatic carbocycles. The van der Waals surface area contributed by atoms with Gasteiger partial charge in [-0.05, 0) is 49.9 Å². The van der Waals surface area contributed by atoms with E-state index in [-0.39, 0.29) is 5.41 Å². The van der Waals surface area contributed by atoms with Gasteiger partial charge in [0, 0.05) is 23.5 Å². The molecule has 0 aromatic rings. The Morgan fingerprint density at radius 1 is 1.10 bits per heavy atom. The van der Waals surface area contributed by atoms with Crippen molar-refractivity contribution in [3.8, 4) is 0 Å². The molecule has 0 spiro atoms. The Morgan fingerprint density at radius 3 is 2.15 bits per heavy atom. The lowest BCUT2D eigenvalue weighted by Crippen LogP contribution is -2.36. The Hall–Kier alpha value is -0.410. The highest BCUT2D eigenvalue weighted by Gasteiger charge is 2.31. The zero-order valence-electron chi connectivity index (χ0n) is 14.0. The molecule has 1 aliphatic carbocycles. The van der Waals surface area contributed by atoms with Crippen molar-refractivity contribution in [2.45, 2.75) is 60.3 Å². The van der Waals surface area contributed by atoms with E-state index in [1.807, 2.05) is 0 Å². The van der Waals surface area contributed by atoms with Gasteiger partial charge in [-0.1, -0.05) is 46.8 Å². The van der Waals surface area contributed by atoms with Crippen molar-refractivity contribution >= 4 is 17.1 Å². The molecule has 0 saturated carbocycles. The first-order valence-corrected chi connectivity index (χ1v) is 8.54. The minimum Gasteiger partial charge on any atom is -0.384 e. The van der Waals surface area contributed by atoms with Gasteiger partial charge in [-0.25, -0.2) is 0 Å². The molecule has 0 heterocycles. The maximum atomic E-state index is 5.40. The zero-order valence-corrected chi connectivity index (χ0v) is 14.8. The molecule has 1 N–H and O–H groups in total. The molecule has 0 aliphatic heterocycles. The van der Waals surface area contributed by atoms with Gasteiger partial charge in [0.25, 0.3) is 0 Å². The lowest BCUT2D eigenvalue weighted by Gasteiger charge is -2.35. The van der Waals surface area contributed by atoms with E-state index in [1.165, 1.54) is 50.2 Å². The Kier molecular flexibility index (Phi) is 7.18. The fourth-order valence-electron chi connectivity index (χ4n) is 2.73. The predicted molar refractivity (Wildman–Crippen MR) is 93.3 cm³/mol. The summed E-state index contributed by atoms with van der Waals surface area (Å²) in [6.07, 6.45) is 4.70. The van der Waals surface area contributed by atoms with Crippen LogP contribution in [0, 0.1) is 5.41 Å². The van der Waals surface area contributed by atoms with Crippen LogP contribution in [0.5, 0.6) is 0 Å². The Labute approximate surface area is 131 Å². The molecule has 0 atom stereocenters. The molecule has 20 heavy (non-hydrogen) atoms. The Balaban J connectivity index is 2.35. The van der Waals surface area contributed by atoms with E-state index in [4.69, 9.17) is 12.2 Å². The summed E-state index contributed by atoms with van der Waals surface area (Å²) in [7, 11) is 0. The third-order valence-electron chi connectivity index (χ3n) is 3.86. The number of nitrogens with one attached hydrogen (secondary N) is 1.